The number of hydrogen-bond acceptors (Lipinski definition) is 6. The maximum absolute atomic E-state index is 14.3. The molecule has 1 saturated carbocycles. The standard InChI is InChI=1S/C22H21ClF2N6O3/c1-10-15(19(32)21(34)30-22(6-7-22)14(26)9-28-27)13-3-2-8-31(13)18(10)20(33)29-12-5-4-11(24)16(23)17(12)25/h4-5,9,26H,2-3,6-8,27H2,1H3,(H,29,33)(H,30,34). The number of halogens is 3. The van der Waals surface area contributed by atoms with Crippen molar-refractivity contribution >= 4 is 46.8 Å². The van der Waals surface area contributed by atoms with Gasteiger partial charge in [0, 0.05) is 12.2 Å². The van der Waals surface area contributed by atoms with Crippen molar-refractivity contribution in [3.63, 3.8) is 0 Å². The molecule has 1 aliphatic heterocycles. The van der Waals surface area contributed by atoms with Crippen molar-refractivity contribution in [3.05, 3.63) is 51.3 Å². The predicted octanol–water partition coefficient (Wildman–Crippen LogP) is 2.72. The summed E-state index contributed by atoms with van der Waals surface area (Å²) in [6.45, 7) is 1.97. The normalized spacial score (nSPS) is 15.8. The molecule has 1 fully saturated rings. The number of aromatic nitrogens is 1. The van der Waals surface area contributed by atoms with Crippen LogP contribution in [0.3, 0.4) is 0 Å². The molecule has 2 heterocycles. The molecule has 1 aromatic heterocycles. The number of rotatable bonds is 7. The minimum absolute atomic E-state index is 0.00460. The van der Waals surface area contributed by atoms with E-state index < -0.39 is 39.8 Å². The molecule has 2 aliphatic rings. The highest BCUT2D eigenvalue weighted by atomic mass is 35.5. The van der Waals surface area contributed by atoms with Crippen LogP contribution in [0.2, 0.25) is 5.02 Å². The SMILES string of the molecule is Cc1c(C(=O)C(=O)NC2(C(=N)C=NN)CC2)c2n(c1C(=O)Nc1ccc(F)c(Cl)c1F)CCC2. The lowest BCUT2D eigenvalue weighted by molar-refractivity contribution is -0.117. The minimum atomic E-state index is -1.12. The summed E-state index contributed by atoms with van der Waals surface area (Å²) in [6, 6.07) is 1.97. The molecular formula is C22H21ClF2N6O3. The molecule has 178 valence electrons. The smallest absolute Gasteiger partial charge is 0.293 e. The number of carbonyl (C=O) groups is 3. The molecule has 0 saturated heterocycles. The predicted molar refractivity (Wildman–Crippen MR) is 122 cm³/mol. The summed E-state index contributed by atoms with van der Waals surface area (Å²) in [5.74, 6) is 0.552. The van der Waals surface area contributed by atoms with Crippen molar-refractivity contribution in [2.45, 2.75) is 44.7 Å². The molecule has 5 N–H and O–H groups in total. The van der Waals surface area contributed by atoms with Crippen molar-refractivity contribution < 1.29 is 23.2 Å². The Morgan fingerprint density at radius 2 is 2.00 bits per heavy atom. The molecule has 2 aromatic rings. The van der Waals surface area contributed by atoms with E-state index in [1.807, 2.05) is 0 Å². The van der Waals surface area contributed by atoms with Crippen LogP contribution in [0.5, 0.6) is 0 Å². The second-order valence-electron chi connectivity index (χ2n) is 8.28. The van der Waals surface area contributed by atoms with Crippen LogP contribution in [0.1, 0.15) is 51.4 Å². The van der Waals surface area contributed by atoms with Crippen LogP contribution in [0, 0.1) is 24.0 Å². The van der Waals surface area contributed by atoms with Crippen LogP contribution in [0.25, 0.3) is 0 Å². The highest BCUT2D eigenvalue weighted by molar-refractivity contribution is 6.45. The van der Waals surface area contributed by atoms with E-state index in [0.29, 0.717) is 37.9 Å². The van der Waals surface area contributed by atoms with E-state index in [-0.39, 0.29) is 28.2 Å². The van der Waals surface area contributed by atoms with Gasteiger partial charge in [0.25, 0.3) is 17.6 Å². The topological polar surface area (TPSA) is 142 Å². The molecular weight excluding hydrogens is 470 g/mol. The van der Waals surface area contributed by atoms with Gasteiger partial charge in [-0.1, -0.05) is 11.6 Å². The fourth-order valence-corrected chi connectivity index (χ4v) is 4.45. The second kappa shape index (κ2) is 8.64. The van der Waals surface area contributed by atoms with Gasteiger partial charge >= 0.3 is 0 Å². The van der Waals surface area contributed by atoms with E-state index in [1.165, 1.54) is 6.92 Å². The second-order valence-corrected chi connectivity index (χ2v) is 8.66. The van der Waals surface area contributed by atoms with Crippen molar-refractivity contribution in [1.29, 1.82) is 5.41 Å². The minimum Gasteiger partial charge on any atom is -0.340 e. The van der Waals surface area contributed by atoms with Crippen LogP contribution in [0.4, 0.5) is 14.5 Å². The number of Topliss-reactive ketones (excluding diaryl/α,β-unsaturated/α-hetero) is 1. The Kier molecular flexibility index (Phi) is 5.98. The molecule has 4 rings (SSSR count). The Bertz CT molecular complexity index is 1280. The van der Waals surface area contributed by atoms with E-state index in [2.05, 4.69) is 15.7 Å². The summed E-state index contributed by atoms with van der Waals surface area (Å²) >= 11 is 5.59. The number of amides is 2. The van der Waals surface area contributed by atoms with Crippen LogP contribution < -0.4 is 16.5 Å². The fraction of sp³-hybridized carbons (Fsp3) is 0.318. The van der Waals surface area contributed by atoms with Gasteiger partial charge in [0.05, 0.1) is 28.7 Å². The maximum atomic E-state index is 14.3. The van der Waals surface area contributed by atoms with Crippen molar-refractivity contribution in [1.82, 2.24) is 9.88 Å². The summed E-state index contributed by atoms with van der Waals surface area (Å²) in [5.41, 5.74) is -0.291. The Labute approximate surface area is 197 Å². The Hall–Kier alpha value is -3.60. The number of nitrogens with one attached hydrogen (secondary N) is 3. The summed E-state index contributed by atoms with van der Waals surface area (Å²) < 4.78 is 29.4. The lowest BCUT2D eigenvalue weighted by Gasteiger charge is -2.15. The van der Waals surface area contributed by atoms with Crippen LogP contribution in [-0.2, 0) is 17.8 Å². The van der Waals surface area contributed by atoms with Crippen LogP contribution in [-0.4, -0.2) is 39.6 Å². The largest absolute Gasteiger partial charge is 0.340 e. The van der Waals surface area contributed by atoms with Crippen molar-refractivity contribution in [3.8, 4) is 0 Å². The first kappa shape index (κ1) is 23.6. The first-order valence-electron chi connectivity index (χ1n) is 10.5. The number of nitrogens with zero attached hydrogens (tertiary/aromatic N) is 2. The summed E-state index contributed by atoms with van der Waals surface area (Å²) in [6.07, 6.45) is 3.19. The summed E-state index contributed by atoms with van der Waals surface area (Å²) in [7, 11) is 0. The summed E-state index contributed by atoms with van der Waals surface area (Å²) in [4.78, 5) is 39.0. The van der Waals surface area contributed by atoms with Gasteiger partial charge in [0.2, 0.25) is 0 Å². The van der Waals surface area contributed by atoms with Crippen molar-refractivity contribution in [2.24, 2.45) is 10.9 Å². The monoisotopic (exact) mass is 490 g/mol. The van der Waals surface area contributed by atoms with E-state index >= 15 is 0 Å². The zero-order chi connectivity index (χ0) is 24.8. The molecule has 1 aliphatic carbocycles. The number of ketones is 1. The van der Waals surface area contributed by atoms with Crippen LogP contribution >= 0.6 is 11.6 Å². The van der Waals surface area contributed by atoms with Gasteiger partial charge in [-0.15, -0.1) is 0 Å². The van der Waals surface area contributed by atoms with Gasteiger partial charge in [0.1, 0.15) is 16.5 Å². The maximum Gasteiger partial charge on any atom is 0.293 e. The highest BCUT2D eigenvalue weighted by Gasteiger charge is 2.49. The quantitative estimate of drug-likeness (QED) is 0.118. The Balaban J connectivity index is 1.63. The molecule has 9 nitrogen and oxygen atoms in total. The number of carbonyl (C=O) groups excluding carboxylic acids is 3. The molecule has 0 spiro atoms. The molecule has 34 heavy (non-hydrogen) atoms. The number of benzene rings is 1. The number of hydrazone groups is 1. The van der Waals surface area contributed by atoms with Gasteiger partial charge in [-0.25, -0.2) is 8.78 Å². The number of anilines is 1. The number of hydrogen-bond donors (Lipinski definition) is 4. The highest BCUT2D eigenvalue weighted by Crippen LogP contribution is 2.37. The number of fused-ring (bicyclic) bond motifs is 1. The average Bonchev–Trinajstić information content (AvgIpc) is 3.34. The average molecular weight is 491 g/mol. The first-order valence-corrected chi connectivity index (χ1v) is 10.8. The van der Waals surface area contributed by atoms with Crippen LogP contribution in [0.15, 0.2) is 17.2 Å². The van der Waals surface area contributed by atoms with Gasteiger partial charge in [-0.2, -0.15) is 5.10 Å². The molecule has 12 heteroatoms. The van der Waals surface area contributed by atoms with E-state index in [0.717, 1.165) is 18.3 Å². The molecule has 0 unspecified atom stereocenters. The zero-order valence-corrected chi connectivity index (χ0v) is 18.9. The van der Waals surface area contributed by atoms with Gasteiger partial charge in [0.15, 0.2) is 5.82 Å². The zero-order valence-electron chi connectivity index (χ0n) is 18.1. The van der Waals surface area contributed by atoms with E-state index in [4.69, 9.17) is 22.9 Å². The molecule has 0 radical (unpaired) electrons. The van der Waals surface area contributed by atoms with E-state index in [1.54, 1.807) is 4.57 Å². The number of nitrogens with two attached hydrogens (primary N) is 1. The Morgan fingerprint density at radius 1 is 1.29 bits per heavy atom. The fourth-order valence-electron chi connectivity index (χ4n) is 4.29. The van der Waals surface area contributed by atoms with E-state index in [9.17, 15) is 23.2 Å². The molecule has 0 atom stereocenters. The third kappa shape index (κ3) is 3.85. The summed E-state index contributed by atoms with van der Waals surface area (Å²) in [5, 5.41) is 15.5. The van der Waals surface area contributed by atoms with Crippen molar-refractivity contribution in [2.75, 3.05) is 5.32 Å². The lowest BCUT2D eigenvalue weighted by Crippen LogP contribution is -2.46. The van der Waals surface area contributed by atoms with Gasteiger partial charge < -0.3 is 26.5 Å². The first-order chi connectivity index (χ1) is 16.1. The molecule has 2 amide bonds. The molecule has 0 bridgehead atoms. The van der Waals surface area contributed by atoms with Gasteiger partial charge in [-0.3, -0.25) is 14.4 Å². The lowest BCUT2D eigenvalue weighted by atomic mass is 10.0. The molecule has 1 aromatic carbocycles. The van der Waals surface area contributed by atoms with Gasteiger partial charge in [-0.05, 0) is 50.3 Å². The Morgan fingerprint density at radius 3 is 2.65 bits per heavy atom. The third-order valence-electron chi connectivity index (χ3n) is 6.16. The third-order valence-corrected chi connectivity index (χ3v) is 6.51.